The van der Waals surface area contributed by atoms with E-state index in [1.165, 1.54) is 0 Å². The molecule has 2 aromatic rings. The van der Waals surface area contributed by atoms with E-state index in [1.54, 1.807) is 30.3 Å². The van der Waals surface area contributed by atoms with E-state index in [9.17, 15) is 4.79 Å². The summed E-state index contributed by atoms with van der Waals surface area (Å²) in [5.74, 6) is 0.480. The van der Waals surface area contributed by atoms with Gasteiger partial charge in [-0.3, -0.25) is 4.79 Å². The molecule has 0 atom stereocenters. The standard InChI is InChI=1S/C18H18Cl2N2O2/c1-12(2)11-24-17-5-3-4-15(9-17)22-18(23)10-21-16-7-13(19)6-14(20)8-16/h3-9,21H,1,10-11H2,2H3,(H,22,23). The number of rotatable bonds is 7. The first-order valence-corrected chi connectivity index (χ1v) is 8.05. The van der Waals surface area contributed by atoms with Gasteiger partial charge in [0.05, 0.1) is 6.54 Å². The summed E-state index contributed by atoms with van der Waals surface area (Å²) in [6.45, 7) is 6.20. The number of carbonyl (C=O) groups excluding carboxylic acids is 1. The van der Waals surface area contributed by atoms with E-state index in [2.05, 4.69) is 17.2 Å². The Balaban J connectivity index is 1.90. The molecule has 0 saturated carbocycles. The van der Waals surface area contributed by atoms with Crippen LogP contribution < -0.4 is 15.4 Å². The minimum atomic E-state index is -0.192. The molecule has 0 aromatic heterocycles. The summed E-state index contributed by atoms with van der Waals surface area (Å²) in [6, 6.07) is 12.2. The van der Waals surface area contributed by atoms with Crippen molar-refractivity contribution in [3.63, 3.8) is 0 Å². The van der Waals surface area contributed by atoms with Crippen LogP contribution in [0.4, 0.5) is 11.4 Å². The summed E-state index contributed by atoms with van der Waals surface area (Å²) >= 11 is 11.8. The second-order valence-electron chi connectivity index (χ2n) is 5.33. The lowest BCUT2D eigenvalue weighted by molar-refractivity contribution is -0.114. The second-order valence-corrected chi connectivity index (χ2v) is 6.21. The molecule has 0 aliphatic rings. The van der Waals surface area contributed by atoms with Gasteiger partial charge in [0.15, 0.2) is 0 Å². The summed E-state index contributed by atoms with van der Waals surface area (Å²) in [6.07, 6.45) is 0. The molecule has 2 aromatic carbocycles. The average molecular weight is 365 g/mol. The number of ether oxygens (including phenoxy) is 1. The third-order valence-corrected chi connectivity index (χ3v) is 3.36. The van der Waals surface area contributed by atoms with Crippen LogP contribution in [0.25, 0.3) is 0 Å². The minimum Gasteiger partial charge on any atom is -0.489 e. The normalized spacial score (nSPS) is 10.1. The molecule has 0 heterocycles. The number of hydrogen-bond donors (Lipinski definition) is 2. The molecule has 6 heteroatoms. The van der Waals surface area contributed by atoms with E-state index in [0.717, 1.165) is 5.57 Å². The number of amides is 1. The van der Waals surface area contributed by atoms with Gasteiger partial charge >= 0.3 is 0 Å². The fourth-order valence-corrected chi connectivity index (χ4v) is 2.44. The number of benzene rings is 2. The Morgan fingerprint density at radius 2 is 1.83 bits per heavy atom. The van der Waals surface area contributed by atoms with Gasteiger partial charge in [-0.1, -0.05) is 35.8 Å². The molecule has 0 radical (unpaired) electrons. The van der Waals surface area contributed by atoms with Gasteiger partial charge in [0.1, 0.15) is 12.4 Å². The summed E-state index contributed by atoms with van der Waals surface area (Å²) in [7, 11) is 0. The maximum atomic E-state index is 12.0. The third kappa shape index (κ3) is 6.14. The van der Waals surface area contributed by atoms with Gasteiger partial charge in [-0.15, -0.1) is 0 Å². The first-order chi connectivity index (χ1) is 11.4. The minimum absolute atomic E-state index is 0.0908. The molecular weight excluding hydrogens is 347 g/mol. The molecule has 0 aliphatic heterocycles. The van der Waals surface area contributed by atoms with Gasteiger partial charge in [-0.2, -0.15) is 0 Å². The van der Waals surface area contributed by atoms with Crippen molar-refractivity contribution in [1.29, 1.82) is 0 Å². The Kier molecular flexibility index (Phi) is 6.53. The van der Waals surface area contributed by atoms with E-state index in [1.807, 2.05) is 19.1 Å². The van der Waals surface area contributed by atoms with E-state index in [-0.39, 0.29) is 12.5 Å². The lowest BCUT2D eigenvalue weighted by Gasteiger charge is -2.10. The van der Waals surface area contributed by atoms with Crippen LogP contribution in [0, 0.1) is 0 Å². The molecule has 0 unspecified atom stereocenters. The average Bonchev–Trinajstić information content (AvgIpc) is 2.50. The Morgan fingerprint density at radius 1 is 1.12 bits per heavy atom. The van der Waals surface area contributed by atoms with Crippen LogP contribution in [0.2, 0.25) is 10.0 Å². The molecule has 4 nitrogen and oxygen atoms in total. The zero-order valence-corrected chi connectivity index (χ0v) is 14.7. The van der Waals surface area contributed by atoms with Gasteiger partial charge in [0, 0.05) is 27.5 Å². The molecule has 0 aliphatic carbocycles. The zero-order chi connectivity index (χ0) is 17.5. The lowest BCUT2D eigenvalue weighted by Crippen LogP contribution is -2.21. The van der Waals surface area contributed by atoms with Crippen molar-refractivity contribution in [1.82, 2.24) is 0 Å². The van der Waals surface area contributed by atoms with Gasteiger partial charge in [-0.05, 0) is 42.8 Å². The molecule has 0 spiro atoms. The highest BCUT2D eigenvalue weighted by molar-refractivity contribution is 6.35. The largest absolute Gasteiger partial charge is 0.489 e. The maximum absolute atomic E-state index is 12.0. The molecule has 2 rings (SSSR count). The predicted molar refractivity (Wildman–Crippen MR) is 100 cm³/mol. The fraction of sp³-hybridized carbons (Fsp3) is 0.167. The summed E-state index contributed by atoms with van der Waals surface area (Å²) in [4.78, 5) is 12.0. The van der Waals surface area contributed by atoms with Crippen molar-refractivity contribution >= 4 is 40.5 Å². The van der Waals surface area contributed by atoms with Crippen molar-refractivity contribution in [2.24, 2.45) is 0 Å². The second kappa shape index (κ2) is 8.62. The Labute approximate surface area is 151 Å². The van der Waals surface area contributed by atoms with Crippen molar-refractivity contribution in [2.45, 2.75) is 6.92 Å². The molecule has 0 saturated heterocycles. The number of anilines is 2. The third-order valence-electron chi connectivity index (χ3n) is 2.92. The van der Waals surface area contributed by atoms with E-state index in [4.69, 9.17) is 27.9 Å². The quantitative estimate of drug-likeness (QED) is 0.679. The molecule has 126 valence electrons. The molecule has 24 heavy (non-hydrogen) atoms. The van der Waals surface area contributed by atoms with Crippen LogP contribution >= 0.6 is 23.2 Å². The van der Waals surface area contributed by atoms with Crippen LogP contribution in [0.3, 0.4) is 0 Å². The monoisotopic (exact) mass is 364 g/mol. The van der Waals surface area contributed by atoms with E-state index >= 15 is 0 Å². The van der Waals surface area contributed by atoms with Crippen LogP contribution in [-0.2, 0) is 4.79 Å². The number of halogens is 2. The van der Waals surface area contributed by atoms with Crippen LogP contribution in [0.5, 0.6) is 5.75 Å². The highest BCUT2D eigenvalue weighted by Crippen LogP contribution is 2.22. The van der Waals surface area contributed by atoms with Gasteiger partial charge in [-0.25, -0.2) is 0 Å². The number of hydrogen-bond acceptors (Lipinski definition) is 3. The lowest BCUT2D eigenvalue weighted by atomic mass is 10.3. The van der Waals surface area contributed by atoms with Crippen molar-refractivity contribution < 1.29 is 9.53 Å². The van der Waals surface area contributed by atoms with Gasteiger partial charge in [0.2, 0.25) is 5.91 Å². The summed E-state index contributed by atoms with van der Waals surface area (Å²) in [5.41, 5.74) is 2.26. The van der Waals surface area contributed by atoms with E-state index < -0.39 is 0 Å². The molecule has 0 bridgehead atoms. The number of nitrogens with one attached hydrogen (secondary N) is 2. The van der Waals surface area contributed by atoms with Crippen LogP contribution in [0.1, 0.15) is 6.92 Å². The molecule has 2 N–H and O–H groups in total. The Morgan fingerprint density at radius 3 is 2.50 bits per heavy atom. The SMILES string of the molecule is C=C(C)COc1cccc(NC(=O)CNc2cc(Cl)cc(Cl)c2)c1. The Hall–Kier alpha value is -2.17. The van der Waals surface area contributed by atoms with Gasteiger partial charge < -0.3 is 15.4 Å². The fourth-order valence-electron chi connectivity index (χ4n) is 1.91. The molecule has 1 amide bonds. The van der Waals surface area contributed by atoms with E-state index in [0.29, 0.717) is 33.8 Å². The summed E-state index contributed by atoms with van der Waals surface area (Å²) < 4.78 is 5.55. The highest BCUT2D eigenvalue weighted by atomic mass is 35.5. The van der Waals surface area contributed by atoms with Crippen molar-refractivity contribution in [3.8, 4) is 5.75 Å². The first kappa shape index (κ1) is 18.2. The van der Waals surface area contributed by atoms with Gasteiger partial charge in [0.25, 0.3) is 0 Å². The van der Waals surface area contributed by atoms with Crippen molar-refractivity contribution in [2.75, 3.05) is 23.8 Å². The number of carbonyl (C=O) groups is 1. The zero-order valence-electron chi connectivity index (χ0n) is 13.2. The Bertz CT molecular complexity index is 727. The molecular formula is C18H18Cl2N2O2. The van der Waals surface area contributed by atoms with Crippen molar-refractivity contribution in [3.05, 3.63) is 64.7 Å². The maximum Gasteiger partial charge on any atom is 0.243 e. The van der Waals surface area contributed by atoms with Crippen LogP contribution in [0.15, 0.2) is 54.6 Å². The highest BCUT2D eigenvalue weighted by Gasteiger charge is 2.05. The first-order valence-electron chi connectivity index (χ1n) is 7.29. The predicted octanol–water partition coefficient (Wildman–Crippen LogP) is 5.00. The van der Waals surface area contributed by atoms with Crippen LogP contribution in [-0.4, -0.2) is 19.1 Å². The molecule has 0 fully saturated rings. The smallest absolute Gasteiger partial charge is 0.243 e. The summed E-state index contributed by atoms with van der Waals surface area (Å²) in [5, 5.41) is 6.79. The topological polar surface area (TPSA) is 50.4 Å².